The average Bonchev–Trinajstić information content (AvgIpc) is 3.06. The Labute approximate surface area is 149 Å². The van der Waals surface area contributed by atoms with Gasteiger partial charge < -0.3 is 15.7 Å². The highest BCUT2D eigenvalue weighted by atomic mass is 32.2. The van der Waals surface area contributed by atoms with E-state index < -0.39 is 39.9 Å². The van der Waals surface area contributed by atoms with Crippen LogP contribution in [0.25, 0.3) is 0 Å². The van der Waals surface area contributed by atoms with Gasteiger partial charge in [0, 0.05) is 6.54 Å². The van der Waals surface area contributed by atoms with Gasteiger partial charge in [-0.15, -0.1) is 0 Å². The minimum atomic E-state index is -4.19. The van der Waals surface area contributed by atoms with Crippen LogP contribution in [0.4, 0.5) is 10.1 Å². The molecule has 1 saturated heterocycles. The topological polar surface area (TPSA) is 123 Å². The number of guanidine groups is 1. The van der Waals surface area contributed by atoms with Gasteiger partial charge in [-0.25, -0.2) is 13.4 Å². The minimum absolute atomic E-state index is 0.0588. The molecule has 1 aliphatic carbocycles. The maximum atomic E-state index is 14.4. The number of carbonyl (C=O) groups is 1. The van der Waals surface area contributed by atoms with E-state index in [0.717, 1.165) is 18.9 Å². The third kappa shape index (κ3) is 2.81. The Balaban J connectivity index is 1.49. The molecule has 2 heterocycles. The molecule has 0 aromatic heterocycles. The van der Waals surface area contributed by atoms with Crippen LogP contribution in [-0.4, -0.2) is 44.0 Å². The van der Waals surface area contributed by atoms with Crippen LogP contribution in [0, 0.1) is 5.82 Å². The molecule has 26 heavy (non-hydrogen) atoms. The van der Waals surface area contributed by atoms with Gasteiger partial charge >= 0.3 is 10.2 Å². The van der Waals surface area contributed by atoms with Crippen molar-refractivity contribution in [2.24, 2.45) is 4.99 Å². The highest BCUT2D eigenvalue weighted by Gasteiger charge is 2.41. The number of rotatable bonds is 3. The molecule has 4 rings (SSSR count). The van der Waals surface area contributed by atoms with Crippen molar-refractivity contribution in [2.45, 2.75) is 31.3 Å². The van der Waals surface area contributed by atoms with E-state index in [1.807, 2.05) is 0 Å². The van der Waals surface area contributed by atoms with E-state index in [4.69, 9.17) is 0 Å². The molecule has 1 aromatic carbocycles. The van der Waals surface area contributed by atoms with Crippen molar-refractivity contribution >= 4 is 27.8 Å². The zero-order chi connectivity index (χ0) is 18.5. The van der Waals surface area contributed by atoms with Gasteiger partial charge in [0.25, 0.3) is 5.91 Å². The van der Waals surface area contributed by atoms with Crippen LogP contribution < -0.4 is 19.7 Å². The molecular formula is C15H18FN5O4S. The predicted molar refractivity (Wildman–Crippen MR) is 91.3 cm³/mol. The molecule has 2 aliphatic heterocycles. The van der Waals surface area contributed by atoms with Crippen molar-refractivity contribution in [2.75, 3.05) is 17.4 Å². The molecule has 1 aromatic rings. The molecule has 140 valence electrons. The van der Waals surface area contributed by atoms with Gasteiger partial charge in [-0.3, -0.25) is 9.79 Å². The zero-order valence-electron chi connectivity index (χ0n) is 13.7. The molecule has 11 heteroatoms. The number of benzene rings is 1. The number of anilines is 1. The lowest BCUT2D eigenvalue weighted by Gasteiger charge is -2.38. The molecule has 1 amide bonds. The van der Waals surface area contributed by atoms with Crippen LogP contribution in [-0.2, 0) is 21.5 Å². The first-order valence-corrected chi connectivity index (χ1v) is 9.63. The van der Waals surface area contributed by atoms with Crippen LogP contribution in [0.2, 0.25) is 0 Å². The second kappa shape index (κ2) is 5.73. The monoisotopic (exact) mass is 383 g/mol. The van der Waals surface area contributed by atoms with Gasteiger partial charge in [0.2, 0.25) is 0 Å². The van der Waals surface area contributed by atoms with Crippen LogP contribution >= 0.6 is 0 Å². The summed E-state index contributed by atoms with van der Waals surface area (Å²) in [5, 5.41) is 16.5. The van der Waals surface area contributed by atoms with Gasteiger partial charge in [-0.1, -0.05) is 0 Å². The number of aromatic hydroxyl groups is 1. The van der Waals surface area contributed by atoms with Crippen molar-refractivity contribution in [1.29, 1.82) is 0 Å². The quantitative estimate of drug-likeness (QED) is 0.568. The largest absolute Gasteiger partial charge is 0.506 e. The normalized spacial score (nSPS) is 22.6. The molecule has 9 nitrogen and oxygen atoms in total. The fraction of sp³-hybridized carbons (Fsp3) is 0.467. The summed E-state index contributed by atoms with van der Waals surface area (Å²) < 4.78 is 40.4. The van der Waals surface area contributed by atoms with Crippen molar-refractivity contribution < 1.29 is 22.7 Å². The first-order valence-electron chi connectivity index (χ1n) is 8.19. The lowest BCUT2D eigenvalue weighted by Crippen LogP contribution is -2.53. The summed E-state index contributed by atoms with van der Waals surface area (Å²) in [6, 6.07) is 2.38. The SMILES string of the molecule is O=C1CN(c2c(O)cc(CNC3=NCC4(CCC4)N3)cc2F)S(=O)(=O)N1. The Bertz CT molecular complexity index is 890. The Morgan fingerprint density at radius 3 is 2.69 bits per heavy atom. The summed E-state index contributed by atoms with van der Waals surface area (Å²) >= 11 is 0. The molecule has 0 radical (unpaired) electrons. The second-order valence-corrected chi connectivity index (χ2v) is 8.35. The Morgan fingerprint density at radius 2 is 2.15 bits per heavy atom. The van der Waals surface area contributed by atoms with E-state index in [1.54, 1.807) is 4.72 Å². The molecular weight excluding hydrogens is 365 g/mol. The van der Waals surface area contributed by atoms with E-state index in [0.29, 0.717) is 22.4 Å². The van der Waals surface area contributed by atoms with Crippen LogP contribution in [0.3, 0.4) is 0 Å². The van der Waals surface area contributed by atoms with Crippen LogP contribution in [0.15, 0.2) is 17.1 Å². The third-order valence-corrected chi connectivity index (χ3v) is 6.24. The third-order valence-electron chi connectivity index (χ3n) is 4.87. The fourth-order valence-electron chi connectivity index (χ4n) is 3.37. The first kappa shape index (κ1) is 16.9. The maximum absolute atomic E-state index is 14.4. The van der Waals surface area contributed by atoms with E-state index in [1.165, 1.54) is 12.5 Å². The zero-order valence-corrected chi connectivity index (χ0v) is 14.6. The smallest absolute Gasteiger partial charge is 0.326 e. The number of aliphatic imine (C=N–C) groups is 1. The summed E-state index contributed by atoms with van der Waals surface area (Å²) in [6.07, 6.45) is 3.32. The molecule has 0 unspecified atom stereocenters. The summed E-state index contributed by atoms with van der Waals surface area (Å²) in [5.41, 5.74) is -0.0704. The maximum Gasteiger partial charge on any atom is 0.326 e. The number of hydrogen-bond acceptors (Lipinski definition) is 7. The van der Waals surface area contributed by atoms with E-state index in [-0.39, 0.29) is 12.1 Å². The Kier molecular flexibility index (Phi) is 3.72. The molecule has 4 N–H and O–H groups in total. The molecule has 1 saturated carbocycles. The molecule has 1 spiro atoms. The summed E-state index contributed by atoms with van der Waals surface area (Å²) in [5.74, 6) is -1.65. The molecule has 3 aliphatic rings. The van der Waals surface area contributed by atoms with Crippen molar-refractivity contribution in [1.82, 2.24) is 15.4 Å². The molecule has 0 atom stereocenters. The van der Waals surface area contributed by atoms with Crippen LogP contribution in [0.1, 0.15) is 24.8 Å². The van der Waals surface area contributed by atoms with E-state index in [9.17, 15) is 22.7 Å². The first-order chi connectivity index (χ1) is 12.3. The average molecular weight is 383 g/mol. The molecule has 0 bridgehead atoms. The van der Waals surface area contributed by atoms with Gasteiger partial charge in [-0.2, -0.15) is 8.42 Å². The number of nitrogens with one attached hydrogen (secondary N) is 3. The number of hydrogen-bond donors (Lipinski definition) is 4. The summed E-state index contributed by atoms with van der Waals surface area (Å²) in [4.78, 5) is 15.7. The summed E-state index contributed by atoms with van der Waals surface area (Å²) in [6.45, 7) is 0.339. The second-order valence-electron chi connectivity index (χ2n) is 6.76. The number of carbonyl (C=O) groups excluding carboxylic acids is 1. The number of amides is 1. The van der Waals surface area contributed by atoms with E-state index >= 15 is 0 Å². The number of phenols is 1. The van der Waals surface area contributed by atoms with Gasteiger partial charge in [0.1, 0.15) is 18.0 Å². The van der Waals surface area contributed by atoms with Gasteiger partial charge in [0.05, 0.1) is 12.1 Å². The van der Waals surface area contributed by atoms with Crippen molar-refractivity contribution in [3.8, 4) is 5.75 Å². The van der Waals surface area contributed by atoms with Crippen LogP contribution in [0.5, 0.6) is 5.75 Å². The number of phenolic OH excluding ortho intramolecular Hbond substituents is 1. The lowest BCUT2D eigenvalue weighted by atomic mass is 9.77. The van der Waals surface area contributed by atoms with Crippen molar-refractivity contribution in [3.05, 3.63) is 23.5 Å². The van der Waals surface area contributed by atoms with Crippen molar-refractivity contribution in [3.63, 3.8) is 0 Å². The van der Waals surface area contributed by atoms with E-state index in [2.05, 4.69) is 15.6 Å². The highest BCUT2D eigenvalue weighted by Crippen LogP contribution is 2.35. The Morgan fingerprint density at radius 1 is 1.38 bits per heavy atom. The number of halogens is 1. The fourth-order valence-corrected chi connectivity index (χ4v) is 4.54. The summed E-state index contributed by atoms with van der Waals surface area (Å²) in [7, 11) is -4.19. The highest BCUT2D eigenvalue weighted by molar-refractivity contribution is 7.92. The van der Waals surface area contributed by atoms with Gasteiger partial charge in [0.15, 0.2) is 11.8 Å². The Hall–Kier alpha value is -2.56. The standard InChI is InChI=1S/C15H18FN5O4S/c16-10-4-9(6-17-14-18-8-15(19-14)2-1-3-15)5-11(22)13(10)21-7-12(23)20-26(21,24)25/h4-5,22H,1-3,6-8H2,(H,20,23)(H2,17,18,19). The van der Waals surface area contributed by atoms with Gasteiger partial charge in [-0.05, 0) is 37.0 Å². The minimum Gasteiger partial charge on any atom is -0.506 e. The number of nitrogens with zero attached hydrogens (tertiary/aromatic N) is 2. The molecule has 2 fully saturated rings. The predicted octanol–water partition coefficient (Wildman–Crippen LogP) is -0.316. The lowest BCUT2D eigenvalue weighted by molar-refractivity contribution is -0.117.